The van der Waals surface area contributed by atoms with Crippen molar-refractivity contribution in [1.82, 2.24) is 19.2 Å². The van der Waals surface area contributed by atoms with Crippen LogP contribution >= 0.6 is 11.6 Å². The molecule has 1 aromatic carbocycles. The molecule has 0 aliphatic carbocycles. The Morgan fingerprint density at radius 3 is 2.85 bits per heavy atom. The summed E-state index contributed by atoms with van der Waals surface area (Å²) in [5.74, 6) is 1.54. The van der Waals surface area contributed by atoms with Gasteiger partial charge in [-0.05, 0) is 42.8 Å². The lowest BCUT2D eigenvalue weighted by atomic mass is 10.2. The highest BCUT2D eigenvalue weighted by molar-refractivity contribution is 6.30. The van der Waals surface area contributed by atoms with Crippen molar-refractivity contribution < 1.29 is 4.74 Å². The Morgan fingerprint density at radius 1 is 1.12 bits per heavy atom. The second kappa shape index (κ2) is 5.85. The Morgan fingerprint density at radius 2 is 2.04 bits per heavy atom. The molecule has 4 heterocycles. The number of halogens is 1. The summed E-state index contributed by atoms with van der Waals surface area (Å²) in [6, 6.07) is 14.1. The van der Waals surface area contributed by atoms with Gasteiger partial charge in [0.25, 0.3) is 0 Å². The lowest BCUT2D eigenvalue weighted by molar-refractivity contribution is 0.346. The molecule has 0 amide bonds. The van der Waals surface area contributed by atoms with Crippen molar-refractivity contribution in [3.05, 3.63) is 64.6 Å². The summed E-state index contributed by atoms with van der Waals surface area (Å²) in [6.07, 6.45) is 0. The van der Waals surface area contributed by atoms with E-state index in [9.17, 15) is 0 Å². The van der Waals surface area contributed by atoms with Crippen molar-refractivity contribution in [2.75, 3.05) is 13.2 Å². The molecule has 0 unspecified atom stereocenters. The van der Waals surface area contributed by atoms with Gasteiger partial charge in [-0.1, -0.05) is 23.7 Å². The van der Waals surface area contributed by atoms with Crippen LogP contribution in [0, 0.1) is 6.92 Å². The first kappa shape index (κ1) is 15.4. The number of aryl methyl sites for hydroxylation is 1. The van der Waals surface area contributed by atoms with E-state index in [4.69, 9.17) is 16.3 Å². The third-order valence-electron chi connectivity index (χ3n) is 4.63. The summed E-state index contributed by atoms with van der Waals surface area (Å²) in [6.45, 7) is 3.94. The van der Waals surface area contributed by atoms with Gasteiger partial charge in [0, 0.05) is 11.6 Å². The van der Waals surface area contributed by atoms with E-state index in [1.165, 1.54) is 0 Å². The number of fused-ring (bicyclic) bond motifs is 3. The molecule has 5 rings (SSSR count). The predicted octanol–water partition coefficient (Wildman–Crippen LogP) is 3.47. The molecule has 7 heteroatoms. The Labute approximate surface area is 154 Å². The number of hydrogen-bond acceptors (Lipinski definition) is 4. The number of benzene rings is 1. The second-order valence-corrected chi connectivity index (χ2v) is 6.76. The van der Waals surface area contributed by atoms with Crippen molar-refractivity contribution in [2.24, 2.45) is 4.99 Å². The van der Waals surface area contributed by atoms with Gasteiger partial charge in [-0.2, -0.15) is 0 Å². The Hall–Kier alpha value is -2.86. The van der Waals surface area contributed by atoms with Gasteiger partial charge in [-0.15, -0.1) is 10.2 Å². The first-order valence-electron chi connectivity index (χ1n) is 8.47. The van der Waals surface area contributed by atoms with Crippen LogP contribution in [0.15, 0.2) is 47.5 Å². The smallest absolute Gasteiger partial charge is 0.233 e. The van der Waals surface area contributed by atoms with Gasteiger partial charge >= 0.3 is 0 Å². The van der Waals surface area contributed by atoms with Gasteiger partial charge in [0.2, 0.25) is 5.90 Å². The lowest BCUT2D eigenvalue weighted by Gasteiger charge is -2.11. The average molecular weight is 366 g/mol. The molecular weight excluding hydrogens is 350 g/mol. The van der Waals surface area contributed by atoms with E-state index < -0.39 is 0 Å². The highest BCUT2D eigenvalue weighted by atomic mass is 35.5. The summed E-state index contributed by atoms with van der Waals surface area (Å²) in [7, 11) is 0. The van der Waals surface area contributed by atoms with E-state index in [0.717, 1.165) is 38.8 Å². The predicted molar refractivity (Wildman–Crippen MR) is 101 cm³/mol. The molecule has 0 atom stereocenters. The van der Waals surface area contributed by atoms with Crippen LogP contribution < -0.4 is 0 Å². The van der Waals surface area contributed by atoms with Gasteiger partial charge in [0.15, 0.2) is 5.65 Å². The number of pyridine rings is 1. The van der Waals surface area contributed by atoms with Crippen LogP contribution in [-0.2, 0) is 11.3 Å². The number of aromatic nitrogens is 4. The fourth-order valence-corrected chi connectivity index (χ4v) is 3.71. The molecule has 0 saturated heterocycles. The van der Waals surface area contributed by atoms with Crippen LogP contribution in [0.1, 0.15) is 17.1 Å². The normalized spacial score (nSPS) is 14.2. The molecule has 4 aromatic rings. The monoisotopic (exact) mass is 365 g/mol. The largest absolute Gasteiger partial charge is 0.474 e. The zero-order chi connectivity index (χ0) is 17.7. The Balaban J connectivity index is 1.77. The molecule has 1 aliphatic rings. The Bertz CT molecular complexity index is 1170. The molecule has 0 bridgehead atoms. The number of hydrogen-bond donors (Lipinski definition) is 0. The minimum absolute atomic E-state index is 0.620. The van der Waals surface area contributed by atoms with Crippen LogP contribution in [-0.4, -0.2) is 38.2 Å². The third kappa shape index (κ3) is 2.37. The first-order chi connectivity index (χ1) is 12.7. The highest BCUT2D eigenvalue weighted by Crippen LogP contribution is 2.25. The third-order valence-corrected chi connectivity index (χ3v) is 4.87. The fraction of sp³-hybridized carbons (Fsp3) is 0.211. The minimum Gasteiger partial charge on any atom is -0.474 e. The van der Waals surface area contributed by atoms with Crippen molar-refractivity contribution in [3.63, 3.8) is 0 Å². The zero-order valence-electron chi connectivity index (χ0n) is 14.2. The molecule has 0 fully saturated rings. The molecule has 130 valence electrons. The number of rotatable bonds is 3. The topological polar surface area (TPSA) is 56.7 Å². The summed E-state index contributed by atoms with van der Waals surface area (Å²) in [4.78, 5) is 4.52. The maximum absolute atomic E-state index is 6.18. The first-order valence-corrected chi connectivity index (χ1v) is 8.84. The molecule has 3 aromatic heterocycles. The summed E-state index contributed by atoms with van der Waals surface area (Å²) >= 11 is 6.18. The SMILES string of the molecule is Cc1nnc2ccc3c(cc(C4=NCCO4)n3Cc3cccc(Cl)c3)n12. The van der Waals surface area contributed by atoms with Crippen molar-refractivity contribution in [1.29, 1.82) is 0 Å². The van der Waals surface area contributed by atoms with Crippen molar-refractivity contribution >= 4 is 34.2 Å². The van der Waals surface area contributed by atoms with E-state index in [1.807, 2.05) is 31.2 Å². The second-order valence-electron chi connectivity index (χ2n) is 6.33. The van der Waals surface area contributed by atoms with E-state index in [0.29, 0.717) is 25.6 Å². The van der Waals surface area contributed by atoms with Crippen LogP contribution in [0.25, 0.3) is 16.7 Å². The van der Waals surface area contributed by atoms with Gasteiger partial charge in [-0.25, -0.2) is 4.99 Å². The van der Waals surface area contributed by atoms with Crippen LogP contribution in [0.2, 0.25) is 5.02 Å². The molecule has 6 nitrogen and oxygen atoms in total. The fourth-order valence-electron chi connectivity index (χ4n) is 3.50. The quantitative estimate of drug-likeness (QED) is 0.558. The molecule has 0 N–H and O–H groups in total. The van der Waals surface area contributed by atoms with Crippen LogP contribution in [0.4, 0.5) is 0 Å². The van der Waals surface area contributed by atoms with E-state index in [-0.39, 0.29) is 0 Å². The standard InChI is InChI=1S/C19H16ClN5O/c1-12-22-23-18-6-5-15-16(25(12)18)10-17(19-21-7-8-26-19)24(15)11-13-3-2-4-14(20)9-13/h2-6,9-10H,7-8,11H2,1H3. The average Bonchev–Trinajstić information content (AvgIpc) is 3.34. The van der Waals surface area contributed by atoms with Gasteiger partial charge in [0.1, 0.15) is 18.1 Å². The summed E-state index contributed by atoms with van der Waals surface area (Å²) < 4.78 is 10.0. The maximum atomic E-state index is 6.18. The molecule has 0 radical (unpaired) electrons. The van der Waals surface area contributed by atoms with Gasteiger partial charge < -0.3 is 9.30 Å². The van der Waals surface area contributed by atoms with E-state index >= 15 is 0 Å². The molecule has 1 aliphatic heterocycles. The lowest BCUT2D eigenvalue weighted by Crippen LogP contribution is -2.11. The van der Waals surface area contributed by atoms with Gasteiger partial charge in [0.05, 0.1) is 17.6 Å². The zero-order valence-corrected chi connectivity index (χ0v) is 14.9. The Kier molecular flexibility index (Phi) is 3.46. The number of aliphatic imine (C=N–C) groups is 1. The molecule has 26 heavy (non-hydrogen) atoms. The van der Waals surface area contributed by atoms with Crippen LogP contribution in [0.5, 0.6) is 0 Å². The van der Waals surface area contributed by atoms with Crippen molar-refractivity contribution in [2.45, 2.75) is 13.5 Å². The van der Waals surface area contributed by atoms with Crippen LogP contribution in [0.3, 0.4) is 0 Å². The number of nitrogens with zero attached hydrogens (tertiary/aromatic N) is 5. The molecule has 0 spiro atoms. The minimum atomic E-state index is 0.620. The van der Waals surface area contributed by atoms with Gasteiger partial charge in [-0.3, -0.25) is 4.40 Å². The highest BCUT2D eigenvalue weighted by Gasteiger charge is 2.20. The summed E-state index contributed by atoms with van der Waals surface area (Å²) in [5, 5.41) is 9.16. The number of ether oxygens (including phenoxy) is 1. The van der Waals surface area contributed by atoms with E-state index in [2.05, 4.69) is 42.4 Å². The summed E-state index contributed by atoms with van der Waals surface area (Å²) in [5.41, 5.74) is 5.03. The van der Waals surface area contributed by atoms with E-state index in [1.54, 1.807) is 0 Å². The molecular formula is C19H16ClN5O. The molecule has 0 saturated carbocycles. The maximum Gasteiger partial charge on any atom is 0.233 e. The van der Waals surface area contributed by atoms with Crippen molar-refractivity contribution in [3.8, 4) is 0 Å².